The number of nitrogens with one attached hydrogen (secondary N) is 1. The maximum Gasteiger partial charge on any atom is 0.142 e. The summed E-state index contributed by atoms with van der Waals surface area (Å²) in [6, 6.07) is 4.14. The molecule has 1 aromatic heterocycles. The molecule has 0 saturated heterocycles. The van der Waals surface area contributed by atoms with Crippen LogP contribution in [0.5, 0.6) is 5.75 Å². The van der Waals surface area contributed by atoms with Gasteiger partial charge in [0, 0.05) is 16.4 Å². The molecule has 0 spiro atoms. The van der Waals surface area contributed by atoms with E-state index in [1.165, 1.54) is 5.56 Å². The van der Waals surface area contributed by atoms with E-state index < -0.39 is 0 Å². The first-order chi connectivity index (χ1) is 9.62. The van der Waals surface area contributed by atoms with E-state index in [2.05, 4.69) is 57.1 Å². The molecule has 1 heterocycles. The highest BCUT2D eigenvalue weighted by atomic mass is 79.9. The summed E-state index contributed by atoms with van der Waals surface area (Å²) in [5.41, 5.74) is 2.12. The van der Waals surface area contributed by atoms with E-state index in [9.17, 15) is 0 Å². The molecule has 0 unspecified atom stereocenters. The summed E-state index contributed by atoms with van der Waals surface area (Å²) in [4.78, 5) is 4.77. The molecule has 20 heavy (non-hydrogen) atoms. The third-order valence-electron chi connectivity index (χ3n) is 3.17. The van der Waals surface area contributed by atoms with Crippen LogP contribution in [-0.2, 0) is 6.42 Å². The number of nitrogens with zero attached hydrogens (tertiary/aromatic N) is 1. The van der Waals surface area contributed by atoms with Crippen molar-refractivity contribution in [3.8, 4) is 5.75 Å². The Morgan fingerprint density at radius 2 is 1.95 bits per heavy atom. The van der Waals surface area contributed by atoms with Gasteiger partial charge in [-0.15, -0.1) is 0 Å². The molecule has 108 valence electrons. The number of anilines is 1. The Kier molecular flexibility index (Phi) is 5.27. The monoisotopic (exact) mass is 400 g/mol. The lowest BCUT2D eigenvalue weighted by atomic mass is 10.1. The molecule has 5 heteroatoms. The maximum atomic E-state index is 5.51. The predicted molar refractivity (Wildman–Crippen MR) is 91.9 cm³/mol. The Balaban J connectivity index is 2.69. The molecule has 0 saturated carbocycles. The zero-order valence-electron chi connectivity index (χ0n) is 11.9. The summed E-state index contributed by atoms with van der Waals surface area (Å²) in [5.74, 6) is 1.79. The third-order valence-corrected chi connectivity index (χ3v) is 4.36. The second-order valence-corrected chi connectivity index (χ2v) is 6.25. The van der Waals surface area contributed by atoms with Crippen LogP contribution in [0, 0.1) is 0 Å². The van der Waals surface area contributed by atoms with Crippen LogP contribution in [0.25, 0.3) is 10.9 Å². The van der Waals surface area contributed by atoms with E-state index in [1.54, 1.807) is 7.11 Å². The Labute approximate surface area is 136 Å². The van der Waals surface area contributed by atoms with Gasteiger partial charge in [-0.2, -0.15) is 0 Å². The van der Waals surface area contributed by atoms with Gasteiger partial charge >= 0.3 is 0 Å². The van der Waals surface area contributed by atoms with E-state index in [0.717, 1.165) is 50.8 Å². The molecule has 0 atom stereocenters. The molecule has 0 amide bonds. The average molecular weight is 402 g/mol. The van der Waals surface area contributed by atoms with Crippen LogP contribution < -0.4 is 10.1 Å². The second kappa shape index (κ2) is 6.76. The molecular formula is C15H18Br2N2O. The molecule has 1 N–H and O–H groups in total. The minimum atomic E-state index is 0.826. The fraction of sp³-hybridized carbons (Fsp3) is 0.400. The standard InChI is InChI=1S/C15H18Br2N2O/c1-4-6-18-15-9(5-2)7-10-13(19-15)11(16)8-12(17)14(10)20-3/h7-8H,4-6H2,1-3H3,(H,18,19). The lowest BCUT2D eigenvalue weighted by Gasteiger charge is -2.14. The van der Waals surface area contributed by atoms with Crippen LogP contribution in [0.1, 0.15) is 25.8 Å². The zero-order valence-corrected chi connectivity index (χ0v) is 15.1. The summed E-state index contributed by atoms with van der Waals surface area (Å²) in [6.45, 7) is 5.21. The summed E-state index contributed by atoms with van der Waals surface area (Å²) in [7, 11) is 1.68. The lowest BCUT2D eigenvalue weighted by Crippen LogP contribution is -2.06. The Hall–Kier alpha value is -0.810. The highest BCUT2D eigenvalue weighted by Crippen LogP contribution is 2.39. The van der Waals surface area contributed by atoms with Crippen molar-refractivity contribution in [2.45, 2.75) is 26.7 Å². The molecule has 0 aliphatic heterocycles. The van der Waals surface area contributed by atoms with Gasteiger partial charge in [0.25, 0.3) is 0 Å². The van der Waals surface area contributed by atoms with Crippen molar-refractivity contribution < 1.29 is 4.74 Å². The quantitative estimate of drug-likeness (QED) is 0.751. The number of benzene rings is 1. The van der Waals surface area contributed by atoms with Crippen molar-refractivity contribution in [3.05, 3.63) is 26.6 Å². The highest BCUT2D eigenvalue weighted by Gasteiger charge is 2.14. The Morgan fingerprint density at radius 1 is 1.20 bits per heavy atom. The smallest absolute Gasteiger partial charge is 0.142 e. The first-order valence-electron chi connectivity index (χ1n) is 6.71. The summed E-state index contributed by atoms with van der Waals surface area (Å²) >= 11 is 7.12. The minimum absolute atomic E-state index is 0.826. The van der Waals surface area contributed by atoms with Crippen LogP contribution >= 0.6 is 31.9 Å². The third kappa shape index (κ3) is 2.93. The van der Waals surface area contributed by atoms with Crippen molar-refractivity contribution in [3.63, 3.8) is 0 Å². The molecule has 2 aromatic rings. The predicted octanol–water partition coefficient (Wildman–Crippen LogP) is 5.15. The molecule has 0 fully saturated rings. The van der Waals surface area contributed by atoms with Gasteiger partial charge in [0.2, 0.25) is 0 Å². The first kappa shape index (κ1) is 15.6. The molecule has 2 rings (SSSR count). The average Bonchev–Trinajstić information content (AvgIpc) is 2.44. The minimum Gasteiger partial charge on any atom is -0.495 e. The summed E-state index contributed by atoms with van der Waals surface area (Å²) < 4.78 is 7.39. The zero-order chi connectivity index (χ0) is 14.7. The fourth-order valence-electron chi connectivity index (χ4n) is 2.16. The fourth-order valence-corrected chi connectivity index (χ4v) is 3.60. The van der Waals surface area contributed by atoms with E-state index in [0.29, 0.717) is 0 Å². The van der Waals surface area contributed by atoms with Gasteiger partial charge in [0.15, 0.2) is 0 Å². The normalized spacial score (nSPS) is 10.8. The molecule has 0 aliphatic rings. The number of hydrogen-bond donors (Lipinski definition) is 1. The summed E-state index contributed by atoms with van der Waals surface area (Å²) in [6.07, 6.45) is 2.01. The molecule has 3 nitrogen and oxygen atoms in total. The van der Waals surface area contributed by atoms with Gasteiger partial charge in [0.1, 0.15) is 11.6 Å². The number of hydrogen-bond acceptors (Lipinski definition) is 3. The second-order valence-electron chi connectivity index (χ2n) is 4.55. The number of ether oxygens (including phenoxy) is 1. The van der Waals surface area contributed by atoms with Gasteiger partial charge in [-0.05, 0) is 62.4 Å². The van der Waals surface area contributed by atoms with Crippen molar-refractivity contribution in [1.82, 2.24) is 4.98 Å². The SMILES string of the molecule is CCCNc1nc2c(Br)cc(Br)c(OC)c2cc1CC. The number of pyridine rings is 1. The van der Waals surface area contributed by atoms with Gasteiger partial charge in [-0.25, -0.2) is 4.98 Å². The topological polar surface area (TPSA) is 34.2 Å². The Morgan fingerprint density at radius 3 is 2.55 bits per heavy atom. The molecule has 0 aliphatic carbocycles. The number of halogens is 2. The first-order valence-corrected chi connectivity index (χ1v) is 8.30. The largest absolute Gasteiger partial charge is 0.495 e. The van der Waals surface area contributed by atoms with E-state index in [4.69, 9.17) is 9.72 Å². The van der Waals surface area contributed by atoms with Crippen molar-refractivity contribution in [1.29, 1.82) is 0 Å². The van der Waals surface area contributed by atoms with E-state index >= 15 is 0 Å². The lowest BCUT2D eigenvalue weighted by molar-refractivity contribution is 0.417. The van der Waals surface area contributed by atoms with Gasteiger partial charge in [-0.3, -0.25) is 0 Å². The van der Waals surface area contributed by atoms with E-state index in [-0.39, 0.29) is 0 Å². The number of aromatic nitrogens is 1. The number of aryl methyl sites for hydroxylation is 1. The maximum absolute atomic E-state index is 5.51. The van der Waals surface area contributed by atoms with E-state index in [1.807, 2.05) is 6.07 Å². The summed E-state index contributed by atoms with van der Waals surface area (Å²) in [5, 5.41) is 4.42. The van der Waals surface area contributed by atoms with Gasteiger partial charge in [0.05, 0.1) is 17.1 Å². The van der Waals surface area contributed by atoms with Gasteiger partial charge in [-0.1, -0.05) is 13.8 Å². The van der Waals surface area contributed by atoms with Crippen molar-refractivity contribution in [2.75, 3.05) is 19.0 Å². The van der Waals surface area contributed by atoms with Crippen molar-refractivity contribution in [2.24, 2.45) is 0 Å². The molecule has 0 radical (unpaired) electrons. The Bertz CT molecular complexity index is 629. The van der Waals surface area contributed by atoms with Crippen LogP contribution in [0.4, 0.5) is 5.82 Å². The highest BCUT2D eigenvalue weighted by molar-refractivity contribution is 9.11. The van der Waals surface area contributed by atoms with Crippen LogP contribution in [0.15, 0.2) is 21.1 Å². The number of methoxy groups -OCH3 is 1. The van der Waals surface area contributed by atoms with Crippen molar-refractivity contribution >= 4 is 48.6 Å². The number of rotatable bonds is 5. The van der Waals surface area contributed by atoms with Crippen LogP contribution in [-0.4, -0.2) is 18.6 Å². The number of fused-ring (bicyclic) bond motifs is 1. The molecule has 1 aromatic carbocycles. The van der Waals surface area contributed by atoms with Gasteiger partial charge < -0.3 is 10.1 Å². The van der Waals surface area contributed by atoms with Crippen LogP contribution in [0.3, 0.4) is 0 Å². The molecular weight excluding hydrogens is 384 g/mol. The van der Waals surface area contributed by atoms with Crippen LogP contribution in [0.2, 0.25) is 0 Å². The molecule has 0 bridgehead atoms.